The van der Waals surface area contributed by atoms with Gasteiger partial charge in [-0.3, -0.25) is 14.9 Å². The van der Waals surface area contributed by atoms with Crippen LogP contribution in [0.1, 0.15) is 84.0 Å². The third-order valence-electron chi connectivity index (χ3n) is 3.68. The molecular weight excluding hydrogens is 294 g/mol. The lowest BCUT2D eigenvalue weighted by Gasteiger charge is -1.99. The van der Waals surface area contributed by atoms with Gasteiger partial charge in [-0.1, -0.05) is 51.2 Å². The van der Waals surface area contributed by atoms with E-state index >= 15 is 0 Å². The van der Waals surface area contributed by atoms with Gasteiger partial charge in [0.25, 0.3) is 0 Å². The number of carbonyl (C=O) groups is 1. The maximum absolute atomic E-state index is 11.0. The van der Waals surface area contributed by atoms with Crippen LogP contribution in [0.4, 0.5) is 0 Å². The first kappa shape index (κ1) is 21.4. The standard InChI is InChI=1S/C18H31NO4/c1-2-3-4-5-8-11-14-17(19(22)23)15-12-9-6-7-10-13-16-18(20)21/h8,11,15H,2-7,9-10,12-14,16H2,1H3,(H,20,21). The largest absolute Gasteiger partial charge is 0.481 e. The fraction of sp³-hybridized carbons (Fsp3) is 0.722. The SMILES string of the molecule is CCCCCC=CCC(=CCCCCCCCC(=O)O)[N+](=O)[O-]. The van der Waals surface area contributed by atoms with E-state index in [4.69, 9.17) is 5.11 Å². The van der Waals surface area contributed by atoms with Crippen molar-refractivity contribution >= 4 is 5.97 Å². The van der Waals surface area contributed by atoms with Crippen molar-refractivity contribution in [2.45, 2.75) is 84.0 Å². The van der Waals surface area contributed by atoms with E-state index in [-0.39, 0.29) is 17.0 Å². The van der Waals surface area contributed by atoms with Gasteiger partial charge in [0.2, 0.25) is 5.70 Å². The van der Waals surface area contributed by atoms with Crippen LogP contribution in [-0.4, -0.2) is 16.0 Å². The molecular formula is C18H31NO4. The van der Waals surface area contributed by atoms with E-state index in [9.17, 15) is 14.9 Å². The minimum absolute atomic E-state index is 0.232. The van der Waals surface area contributed by atoms with Gasteiger partial charge >= 0.3 is 5.97 Å². The van der Waals surface area contributed by atoms with E-state index in [1.165, 1.54) is 12.8 Å². The van der Waals surface area contributed by atoms with Crippen molar-refractivity contribution < 1.29 is 14.8 Å². The average Bonchev–Trinajstić information content (AvgIpc) is 2.50. The van der Waals surface area contributed by atoms with Crippen molar-refractivity contribution in [3.05, 3.63) is 34.0 Å². The van der Waals surface area contributed by atoms with Gasteiger partial charge in [0.1, 0.15) is 0 Å². The summed E-state index contributed by atoms with van der Waals surface area (Å²) in [4.78, 5) is 21.1. The van der Waals surface area contributed by atoms with Gasteiger partial charge in [-0.05, 0) is 38.2 Å². The smallest absolute Gasteiger partial charge is 0.303 e. The number of hydrogen-bond acceptors (Lipinski definition) is 3. The highest BCUT2D eigenvalue weighted by atomic mass is 16.6. The van der Waals surface area contributed by atoms with Gasteiger partial charge in [-0.2, -0.15) is 0 Å². The van der Waals surface area contributed by atoms with Gasteiger partial charge in [-0.25, -0.2) is 0 Å². The highest BCUT2D eigenvalue weighted by molar-refractivity contribution is 5.66. The van der Waals surface area contributed by atoms with Crippen LogP contribution in [0, 0.1) is 10.1 Å². The van der Waals surface area contributed by atoms with Crippen LogP contribution in [0.3, 0.4) is 0 Å². The molecule has 0 spiro atoms. The summed E-state index contributed by atoms with van der Waals surface area (Å²) < 4.78 is 0. The first-order valence-corrected chi connectivity index (χ1v) is 8.78. The van der Waals surface area contributed by atoms with Gasteiger partial charge in [0.05, 0.1) is 11.3 Å². The number of nitrogens with zero attached hydrogens (tertiary/aromatic N) is 1. The molecule has 0 aromatic rings. The molecule has 1 N–H and O–H groups in total. The van der Waals surface area contributed by atoms with Crippen LogP contribution in [-0.2, 0) is 4.79 Å². The molecule has 0 saturated heterocycles. The van der Waals surface area contributed by atoms with Crippen LogP contribution in [0.2, 0.25) is 0 Å². The molecule has 0 aliphatic carbocycles. The molecule has 0 rings (SSSR count). The highest BCUT2D eigenvalue weighted by Gasteiger charge is 2.07. The van der Waals surface area contributed by atoms with E-state index in [0.717, 1.165) is 44.9 Å². The Morgan fingerprint density at radius 3 is 2.30 bits per heavy atom. The second-order valence-corrected chi connectivity index (χ2v) is 5.82. The number of hydrogen-bond donors (Lipinski definition) is 1. The van der Waals surface area contributed by atoms with Crippen molar-refractivity contribution in [1.82, 2.24) is 0 Å². The zero-order valence-electron chi connectivity index (χ0n) is 14.3. The number of carboxylic acids is 1. The minimum Gasteiger partial charge on any atom is -0.481 e. The third-order valence-corrected chi connectivity index (χ3v) is 3.68. The number of unbranched alkanes of at least 4 members (excludes halogenated alkanes) is 8. The molecule has 23 heavy (non-hydrogen) atoms. The molecule has 0 aliphatic heterocycles. The Kier molecular flexibility index (Phi) is 14.2. The maximum Gasteiger partial charge on any atom is 0.303 e. The van der Waals surface area contributed by atoms with E-state index in [1.54, 1.807) is 6.08 Å². The van der Waals surface area contributed by atoms with Crippen LogP contribution >= 0.6 is 0 Å². The number of rotatable bonds is 15. The maximum atomic E-state index is 11.0. The Balaban J connectivity index is 3.81. The van der Waals surface area contributed by atoms with E-state index in [0.29, 0.717) is 12.8 Å². The van der Waals surface area contributed by atoms with Crippen LogP contribution in [0.5, 0.6) is 0 Å². The summed E-state index contributed by atoms with van der Waals surface area (Å²) in [5.41, 5.74) is 0.280. The fourth-order valence-corrected chi connectivity index (χ4v) is 2.29. The van der Waals surface area contributed by atoms with E-state index in [2.05, 4.69) is 6.92 Å². The number of allylic oxidation sites excluding steroid dienone is 3. The Morgan fingerprint density at radius 1 is 1.00 bits per heavy atom. The van der Waals surface area contributed by atoms with Crippen LogP contribution < -0.4 is 0 Å². The zero-order valence-corrected chi connectivity index (χ0v) is 14.3. The number of nitro groups is 1. The van der Waals surface area contributed by atoms with E-state index < -0.39 is 5.97 Å². The molecule has 0 aliphatic rings. The summed E-state index contributed by atoms with van der Waals surface area (Å²) in [5.74, 6) is -0.744. The lowest BCUT2D eigenvalue weighted by atomic mass is 10.1. The predicted octanol–water partition coefficient (Wildman–Crippen LogP) is 5.49. The molecule has 5 heteroatoms. The third kappa shape index (κ3) is 15.0. The van der Waals surface area contributed by atoms with Gasteiger partial charge in [0.15, 0.2) is 0 Å². The molecule has 0 saturated carbocycles. The molecule has 0 amide bonds. The van der Waals surface area contributed by atoms with Crippen molar-refractivity contribution in [1.29, 1.82) is 0 Å². The molecule has 0 bridgehead atoms. The number of aliphatic carboxylic acids is 1. The highest BCUT2D eigenvalue weighted by Crippen LogP contribution is 2.11. The molecule has 0 unspecified atom stereocenters. The molecule has 0 aromatic carbocycles. The Hall–Kier alpha value is -1.65. The first-order chi connectivity index (χ1) is 11.1. The monoisotopic (exact) mass is 325 g/mol. The lowest BCUT2D eigenvalue weighted by molar-refractivity contribution is -0.427. The fourth-order valence-electron chi connectivity index (χ4n) is 2.29. The van der Waals surface area contributed by atoms with Crippen molar-refractivity contribution in [3.63, 3.8) is 0 Å². The number of carboxylic acid groups (broad SMARTS) is 1. The second kappa shape index (κ2) is 15.3. The summed E-state index contributed by atoms with van der Waals surface area (Å²) >= 11 is 0. The minimum atomic E-state index is -0.744. The Labute approximate surface area is 139 Å². The molecule has 0 aromatic heterocycles. The van der Waals surface area contributed by atoms with E-state index in [1.807, 2.05) is 12.2 Å². The second-order valence-electron chi connectivity index (χ2n) is 5.82. The predicted molar refractivity (Wildman–Crippen MR) is 92.9 cm³/mol. The topological polar surface area (TPSA) is 80.4 Å². The van der Waals surface area contributed by atoms with Gasteiger partial charge in [-0.15, -0.1) is 0 Å². The molecule has 0 atom stereocenters. The first-order valence-electron chi connectivity index (χ1n) is 8.78. The van der Waals surface area contributed by atoms with Gasteiger partial charge < -0.3 is 5.11 Å². The summed E-state index contributed by atoms with van der Waals surface area (Å²) in [5, 5.41) is 19.5. The molecule has 132 valence electrons. The molecule has 0 fully saturated rings. The summed E-state index contributed by atoms with van der Waals surface area (Å²) in [7, 11) is 0. The average molecular weight is 325 g/mol. The quantitative estimate of drug-likeness (QED) is 0.187. The van der Waals surface area contributed by atoms with Crippen molar-refractivity contribution in [3.8, 4) is 0 Å². The van der Waals surface area contributed by atoms with Crippen LogP contribution in [0.15, 0.2) is 23.9 Å². The summed E-state index contributed by atoms with van der Waals surface area (Å²) in [6.45, 7) is 2.16. The van der Waals surface area contributed by atoms with Crippen LogP contribution in [0.25, 0.3) is 0 Å². The Morgan fingerprint density at radius 2 is 1.65 bits per heavy atom. The molecule has 5 nitrogen and oxygen atoms in total. The molecule has 0 radical (unpaired) electrons. The zero-order chi connectivity index (χ0) is 17.3. The Bertz CT molecular complexity index is 388. The van der Waals surface area contributed by atoms with Crippen molar-refractivity contribution in [2.75, 3.05) is 0 Å². The lowest BCUT2D eigenvalue weighted by Crippen LogP contribution is -1.97. The molecule has 0 heterocycles. The van der Waals surface area contributed by atoms with Crippen molar-refractivity contribution in [2.24, 2.45) is 0 Å². The van der Waals surface area contributed by atoms with Gasteiger partial charge in [0, 0.05) is 6.42 Å². The summed E-state index contributed by atoms with van der Waals surface area (Å²) in [6.07, 6.45) is 16.1. The normalized spacial score (nSPS) is 12.0. The summed E-state index contributed by atoms with van der Waals surface area (Å²) in [6, 6.07) is 0.